The number of nitrogens with one attached hydrogen (secondary N) is 2. The molecule has 8 nitrogen and oxygen atoms in total. The standard InChI is InChI=1S/C26H29FN4O4/c1-34-23-6-3-2-5-19(23)17-28-25(32)26(33)29-18-22(24-7-4-16-35-24)31-14-12-30(13-15-31)21-10-8-20(27)9-11-21/h2-11,16,22H,12-15,17-18H2,1H3,(H,28,32)(H,29,33). The highest BCUT2D eigenvalue weighted by atomic mass is 19.1. The molecule has 2 N–H and O–H groups in total. The van der Waals surface area contributed by atoms with Gasteiger partial charge in [-0.2, -0.15) is 0 Å². The maximum absolute atomic E-state index is 13.2. The van der Waals surface area contributed by atoms with Gasteiger partial charge in [0.05, 0.1) is 19.4 Å². The van der Waals surface area contributed by atoms with E-state index in [0.29, 0.717) is 5.75 Å². The predicted octanol–water partition coefficient (Wildman–Crippen LogP) is 2.72. The summed E-state index contributed by atoms with van der Waals surface area (Å²) in [5, 5.41) is 5.38. The lowest BCUT2D eigenvalue weighted by atomic mass is 10.1. The largest absolute Gasteiger partial charge is 0.496 e. The van der Waals surface area contributed by atoms with Crippen LogP contribution >= 0.6 is 0 Å². The minimum Gasteiger partial charge on any atom is -0.496 e. The number of amides is 2. The van der Waals surface area contributed by atoms with Crippen LogP contribution in [0.2, 0.25) is 0 Å². The van der Waals surface area contributed by atoms with Gasteiger partial charge in [0.25, 0.3) is 0 Å². The summed E-state index contributed by atoms with van der Waals surface area (Å²) in [6.45, 7) is 3.35. The van der Waals surface area contributed by atoms with Crippen LogP contribution in [0, 0.1) is 5.82 Å². The zero-order valence-electron chi connectivity index (χ0n) is 19.6. The Hall–Kier alpha value is -3.85. The van der Waals surface area contributed by atoms with Gasteiger partial charge >= 0.3 is 11.8 Å². The summed E-state index contributed by atoms with van der Waals surface area (Å²) in [5.41, 5.74) is 1.75. The van der Waals surface area contributed by atoms with Gasteiger partial charge in [0, 0.05) is 50.5 Å². The Bertz CT molecular complexity index is 1110. The van der Waals surface area contributed by atoms with E-state index in [1.165, 1.54) is 12.1 Å². The van der Waals surface area contributed by atoms with Crippen LogP contribution in [0.25, 0.3) is 0 Å². The molecule has 2 amide bonds. The van der Waals surface area contributed by atoms with Crippen LogP contribution < -0.4 is 20.3 Å². The molecule has 4 rings (SSSR count). The van der Waals surface area contributed by atoms with Crippen molar-refractivity contribution < 1.29 is 23.1 Å². The molecule has 2 heterocycles. The minimum atomic E-state index is -0.713. The normalized spacial score (nSPS) is 14.9. The van der Waals surface area contributed by atoms with E-state index in [2.05, 4.69) is 20.4 Å². The molecule has 0 bridgehead atoms. The van der Waals surface area contributed by atoms with Crippen LogP contribution in [-0.4, -0.2) is 56.5 Å². The molecular formula is C26H29FN4O4. The molecule has 1 atom stereocenters. The van der Waals surface area contributed by atoms with Gasteiger partial charge in [-0.05, 0) is 42.5 Å². The molecule has 2 aromatic carbocycles. The fourth-order valence-corrected chi connectivity index (χ4v) is 4.21. The molecule has 1 aliphatic heterocycles. The number of para-hydroxylation sites is 1. The predicted molar refractivity (Wildman–Crippen MR) is 129 cm³/mol. The Morgan fingerprint density at radius 1 is 0.971 bits per heavy atom. The van der Waals surface area contributed by atoms with Crippen LogP contribution in [0.15, 0.2) is 71.3 Å². The number of piperazine rings is 1. The number of hydrogen-bond donors (Lipinski definition) is 2. The average Bonchev–Trinajstić information content (AvgIpc) is 3.43. The quantitative estimate of drug-likeness (QED) is 0.482. The third kappa shape index (κ3) is 6.19. The van der Waals surface area contributed by atoms with Crippen molar-refractivity contribution in [3.05, 3.63) is 84.1 Å². The van der Waals surface area contributed by atoms with Gasteiger partial charge in [-0.3, -0.25) is 14.5 Å². The molecule has 0 aliphatic carbocycles. The van der Waals surface area contributed by atoms with Gasteiger partial charge < -0.3 is 24.7 Å². The lowest BCUT2D eigenvalue weighted by Gasteiger charge is -2.39. The first-order valence-corrected chi connectivity index (χ1v) is 11.5. The third-order valence-electron chi connectivity index (χ3n) is 6.11. The third-order valence-corrected chi connectivity index (χ3v) is 6.11. The Labute approximate surface area is 203 Å². The van der Waals surface area contributed by atoms with Crippen LogP contribution in [-0.2, 0) is 16.1 Å². The van der Waals surface area contributed by atoms with Gasteiger partial charge in [0.15, 0.2) is 0 Å². The Morgan fingerprint density at radius 3 is 2.37 bits per heavy atom. The number of nitrogens with zero attached hydrogens (tertiary/aromatic N) is 2. The van der Waals surface area contributed by atoms with Crippen molar-refractivity contribution in [2.24, 2.45) is 0 Å². The van der Waals surface area contributed by atoms with Gasteiger partial charge in [0.1, 0.15) is 17.3 Å². The first-order valence-electron chi connectivity index (χ1n) is 11.5. The van der Waals surface area contributed by atoms with Crippen LogP contribution in [0.5, 0.6) is 5.75 Å². The number of carbonyl (C=O) groups excluding carboxylic acids is 2. The molecular weight excluding hydrogens is 451 g/mol. The second-order valence-electron chi connectivity index (χ2n) is 8.24. The monoisotopic (exact) mass is 480 g/mol. The SMILES string of the molecule is COc1ccccc1CNC(=O)C(=O)NCC(c1ccco1)N1CCN(c2ccc(F)cc2)CC1. The number of benzene rings is 2. The molecule has 3 aromatic rings. The summed E-state index contributed by atoms with van der Waals surface area (Å²) in [7, 11) is 1.56. The summed E-state index contributed by atoms with van der Waals surface area (Å²) in [6.07, 6.45) is 1.60. The smallest absolute Gasteiger partial charge is 0.309 e. The summed E-state index contributed by atoms with van der Waals surface area (Å²) < 4.78 is 24.2. The molecule has 1 aliphatic rings. The van der Waals surface area contributed by atoms with Gasteiger partial charge in [-0.25, -0.2) is 4.39 Å². The number of methoxy groups -OCH3 is 1. The number of carbonyl (C=O) groups is 2. The molecule has 0 radical (unpaired) electrons. The molecule has 1 saturated heterocycles. The Kier molecular flexibility index (Phi) is 7.99. The Morgan fingerprint density at radius 2 is 1.69 bits per heavy atom. The summed E-state index contributed by atoms with van der Waals surface area (Å²) >= 11 is 0. The first kappa shape index (κ1) is 24.3. The zero-order chi connectivity index (χ0) is 24.6. The minimum absolute atomic E-state index is 0.184. The summed E-state index contributed by atoms with van der Waals surface area (Å²) in [6, 6.07) is 17.2. The van der Waals surface area contributed by atoms with Crippen molar-refractivity contribution >= 4 is 17.5 Å². The molecule has 1 fully saturated rings. The van der Waals surface area contributed by atoms with Gasteiger partial charge in [0.2, 0.25) is 0 Å². The molecule has 1 aromatic heterocycles. The maximum Gasteiger partial charge on any atom is 0.309 e. The van der Waals surface area contributed by atoms with Crippen molar-refractivity contribution in [2.75, 3.05) is 44.7 Å². The van der Waals surface area contributed by atoms with E-state index in [-0.39, 0.29) is 24.9 Å². The maximum atomic E-state index is 13.2. The van der Waals surface area contributed by atoms with Crippen molar-refractivity contribution in [2.45, 2.75) is 12.6 Å². The molecule has 9 heteroatoms. The Balaban J connectivity index is 1.32. The van der Waals surface area contributed by atoms with Crippen molar-refractivity contribution in [3.8, 4) is 5.75 Å². The van der Waals surface area contributed by atoms with E-state index in [0.717, 1.165) is 43.2 Å². The highest BCUT2D eigenvalue weighted by Crippen LogP contribution is 2.24. The highest BCUT2D eigenvalue weighted by Gasteiger charge is 2.28. The fraction of sp³-hybridized carbons (Fsp3) is 0.308. The molecule has 1 unspecified atom stereocenters. The second-order valence-corrected chi connectivity index (χ2v) is 8.24. The van der Waals surface area contributed by atoms with E-state index < -0.39 is 11.8 Å². The summed E-state index contributed by atoms with van der Waals surface area (Å²) in [5.74, 6) is -0.314. The van der Waals surface area contributed by atoms with Crippen LogP contribution in [0.4, 0.5) is 10.1 Å². The zero-order valence-corrected chi connectivity index (χ0v) is 19.6. The van der Waals surface area contributed by atoms with Crippen LogP contribution in [0.3, 0.4) is 0 Å². The van der Waals surface area contributed by atoms with E-state index in [1.54, 1.807) is 37.6 Å². The lowest BCUT2D eigenvalue weighted by molar-refractivity contribution is -0.139. The highest BCUT2D eigenvalue weighted by molar-refractivity contribution is 6.35. The van der Waals surface area contributed by atoms with Gasteiger partial charge in [-0.1, -0.05) is 18.2 Å². The molecule has 35 heavy (non-hydrogen) atoms. The van der Waals surface area contributed by atoms with E-state index in [9.17, 15) is 14.0 Å². The van der Waals surface area contributed by atoms with Crippen molar-refractivity contribution in [3.63, 3.8) is 0 Å². The second kappa shape index (κ2) is 11.5. The number of ether oxygens (including phenoxy) is 1. The van der Waals surface area contributed by atoms with Crippen molar-refractivity contribution in [1.82, 2.24) is 15.5 Å². The number of hydrogen-bond acceptors (Lipinski definition) is 6. The number of anilines is 1. The number of rotatable bonds is 8. The molecule has 184 valence electrons. The average molecular weight is 481 g/mol. The summed E-state index contributed by atoms with van der Waals surface area (Å²) in [4.78, 5) is 29.3. The first-order chi connectivity index (χ1) is 17.0. The van der Waals surface area contributed by atoms with Crippen LogP contribution in [0.1, 0.15) is 17.4 Å². The van der Waals surface area contributed by atoms with Gasteiger partial charge in [-0.15, -0.1) is 0 Å². The number of halogens is 1. The van der Waals surface area contributed by atoms with Crippen molar-refractivity contribution in [1.29, 1.82) is 0 Å². The lowest BCUT2D eigenvalue weighted by Crippen LogP contribution is -2.50. The van der Waals surface area contributed by atoms with E-state index in [1.807, 2.05) is 24.3 Å². The topological polar surface area (TPSA) is 87.0 Å². The molecule has 0 spiro atoms. The number of furan rings is 1. The van der Waals surface area contributed by atoms with E-state index >= 15 is 0 Å². The molecule has 0 saturated carbocycles. The fourth-order valence-electron chi connectivity index (χ4n) is 4.21. The van der Waals surface area contributed by atoms with E-state index in [4.69, 9.17) is 9.15 Å².